The summed E-state index contributed by atoms with van der Waals surface area (Å²) in [4.78, 5) is 53.6. The molecule has 2 spiro atoms. The molecule has 14 atom stereocenters. The fourth-order valence-corrected chi connectivity index (χ4v) is 10.2. The van der Waals surface area contributed by atoms with Crippen LogP contribution < -0.4 is 0 Å². The summed E-state index contributed by atoms with van der Waals surface area (Å²) in [5, 5.41) is 17.9. The molecule has 2 N–H and O–H groups in total. The Kier molecular flexibility index (Phi) is 10.1. The Labute approximate surface area is 299 Å². The van der Waals surface area contributed by atoms with E-state index in [0.29, 0.717) is 35.5 Å². The van der Waals surface area contributed by atoms with Crippen LogP contribution in [-0.4, -0.2) is 82.4 Å². The van der Waals surface area contributed by atoms with E-state index in [2.05, 4.69) is 23.8 Å². The molecule has 0 aromatic heterocycles. The molecule has 270 valence electrons. The molecule has 8 saturated heterocycles. The third-order valence-electron chi connectivity index (χ3n) is 12.7. The van der Waals surface area contributed by atoms with Gasteiger partial charge in [-0.2, -0.15) is 0 Å². The maximum Gasteiger partial charge on any atom is 0.325 e. The second kappa shape index (κ2) is 13.3. The van der Waals surface area contributed by atoms with Crippen LogP contribution in [0, 0.1) is 47.3 Å². The zero-order valence-electron chi connectivity index (χ0n) is 29.4. The first kappa shape index (κ1) is 37.0. The average molecular weight is 744 g/mol. The molecule has 49 heavy (non-hydrogen) atoms. The number of rotatable bonds is 4. The Balaban J connectivity index is 0.000000167. The van der Waals surface area contributed by atoms with Gasteiger partial charge >= 0.3 is 11.9 Å². The third-order valence-corrected chi connectivity index (χ3v) is 12.7. The maximum absolute atomic E-state index is 10.9. The van der Waals surface area contributed by atoms with E-state index in [-0.39, 0.29) is 56.2 Å². The van der Waals surface area contributed by atoms with Crippen LogP contribution in [0.2, 0.25) is 0 Å². The molecule has 2 aliphatic carbocycles. The van der Waals surface area contributed by atoms with E-state index in [9.17, 15) is 9.59 Å². The molecule has 0 radical (unpaired) electrons. The van der Waals surface area contributed by atoms with Gasteiger partial charge in [-0.25, -0.2) is 29.5 Å². The van der Waals surface area contributed by atoms with Crippen LogP contribution in [-0.2, 0) is 67.6 Å². The first-order valence-electron chi connectivity index (χ1n) is 17.7. The summed E-state index contributed by atoms with van der Waals surface area (Å²) in [6.07, 6.45) is 6.42. The first-order chi connectivity index (χ1) is 22.7. The number of carbonyl (C=O) groups is 2. The molecule has 6 unspecified atom stereocenters. The van der Waals surface area contributed by atoms with Crippen molar-refractivity contribution in [2.75, 3.05) is 13.1 Å². The summed E-state index contributed by atoms with van der Waals surface area (Å²) in [6.45, 7) is 11.7. The molecule has 10 aliphatic rings. The van der Waals surface area contributed by atoms with E-state index < -0.39 is 47.3 Å². The van der Waals surface area contributed by atoms with Crippen molar-refractivity contribution in [3.05, 3.63) is 0 Å². The van der Waals surface area contributed by atoms with E-state index in [1.807, 2.05) is 27.7 Å². The Bertz CT molecular complexity index is 1270. The molecule has 0 aromatic carbocycles. The summed E-state index contributed by atoms with van der Waals surface area (Å²) in [7, 11) is 0. The zero-order valence-corrected chi connectivity index (χ0v) is 32.4. The predicted octanol–water partition coefficient (Wildman–Crippen LogP) is 4.70. The second-order valence-corrected chi connectivity index (χ2v) is 15.7. The number of fused-ring (bicyclic) bond motifs is 4. The molecular formula is C34H50N2O12Zn. The number of hydrogen-bond donors (Lipinski definition) is 2. The van der Waals surface area contributed by atoms with Crippen molar-refractivity contribution in [1.29, 1.82) is 0 Å². The van der Waals surface area contributed by atoms with Crippen LogP contribution in [0.15, 0.2) is 9.98 Å². The molecule has 2 saturated carbocycles. The topological polar surface area (TPSA) is 173 Å². The molecule has 0 aromatic rings. The van der Waals surface area contributed by atoms with Crippen molar-refractivity contribution in [2.45, 2.75) is 128 Å². The Hall–Kier alpha value is -1.74. The summed E-state index contributed by atoms with van der Waals surface area (Å²) < 4.78 is 24.5. The largest absolute Gasteiger partial charge is 0.480 e. The quantitative estimate of drug-likeness (QED) is 0.301. The van der Waals surface area contributed by atoms with Gasteiger partial charge in [0.25, 0.3) is 0 Å². The number of carboxylic acid groups (broad SMARTS) is 2. The van der Waals surface area contributed by atoms with E-state index in [1.165, 1.54) is 0 Å². The average Bonchev–Trinajstić information content (AvgIpc) is 3.41. The summed E-state index contributed by atoms with van der Waals surface area (Å²) >= 11 is 0. The summed E-state index contributed by atoms with van der Waals surface area (Å²) in [6, 6.07) is 0. The van der Waals surface area contributed by atoms with Crippen LogP contribution in [0.4, 0.5) is 0 Å². The minimum absolute atomic E-state index is 0. The van der Waals surface area contributed by atoms with Gasteiger partial charge in [0.05, 0.1) is 0 Å². The van der Waals surface area contributed by atoms with E-state index >= 15 is 0 Å². The van der Waals surface area contributed by atoms with E-state index in [4.69, 9.17) is 48.7 Å². The number of ether oxygens (including phenoxy) is 4. The Morgan fingerprint density at radius 1 is 0.633 bits per heavy atom. The second-order valence-electron chi connectivity index (χ2n) is 15.7. The van der Waals surface area contributed by atoms with Crippen LogP contribution in [0.5, 0.6) is 0 Å². The molecular weight excluding hydrogens is 694 g/mol. The van der Waals surface area contributed by atoms with Gasteiger partial charge in [-0.1, -0.05) is 27.7 Å². The van der Waals surface area contributed by atoms with Crippen molar-refractivity contribution < 1.29 is 77.8 Å². The van der Waals surface area contributed by atoms with Crippen molar-refractivity contribution in [1.82, 2.24) is 0 Å². The van der Waals surface area contributed by atoms with Crippen LogP contribution in [0.3, 0.4) is 0 Å². The minimum atomic E-state index is -0.969. The van der Waals surface area contributed by atoms with Gasteiger partial charge in [0, 0.05) is 67.8 Å². The molecule has 10 fully saturated rings. The molecule has 10 rings (SSSR count). The van der Waals surface area contributed by atoms with Crippen LogP contribution in [0.25, 0.3) is 0 Å². The maximum atomic E-state index is 10.9. The fraction of sp³-hybridized carbons (Fsp3) is 0.882. The van der Waals surface area contributed by atoms with Gasteiger partial charge in [0.1, 0.15) is 13.1 Å². The summed E-state index contributed by atoms with van der Waals surface area (Å²) in [5.41, 5.74) is -1.26. The molecule has 4 bridgehead atoms. The van der Waals surface area contributed by atoms with Crippen molar-refractivity contribution in [3.8, 4) is 0 Å². The number of hydrogen-bond acceptors (Lipinski definition) is 12. The number of aliphatic carboxylic acids is 2. The third kappa shape index (κ3) is 6.06. The fourth-order valence-electron chi connectivity index (χ4n) is 10.2. The van der Waals surface area contributed by atoms with Gasteiger partial charge in [-0.05, 0) is 64.2 Å². The van der Waals surface area contributed by atoms with Gasteiger partial charge < -0.3 is 29.2 Å². The molecule has 8 aliphatic heterocycles. The minimum Gasteiger partial charge on any atom is -0.480 e. The predicted molar refractivity (Wildman–Crippen MR) is 166 cm³/mol. The first-order valence-corrected chi connectivity index (χ1v) is 17.7. The van der Waals surface area contributed by atoms with Gasteiger partial charge in [0.2, 0.25) is 24.2 Å². The standard InChI is InChI=1S/2C17H25NO6.Zn/c2*1-9-4-5-12-10(2)14(18-8-13(19)20)21-15-17(12)11(9)6-7-16(3,22-15)23-24-17;/h2*9-12,15H,4-8H2,1-3H3,(H,19,20);/t2*9-,10-,11?,12?,15-,16+,17?;/m11./s1. The van der Waals surface area contributed by atoms with Crippen molar-refractivity contribution >= 4 is 23.7 Å². The van der Waals surface area contributed by atoms with Gasteiger partial charge in [-0.15, -0.1) is 0 Å². The van der Waals surface area contributed by atoms with Crippen molar-refractivity contribution in [3.63, 3.8) is 0 Å². The molecule has 0 amide bonds. The van der Waals surface area contributed by atoms with Gasteiger partial charge in [-0.3, -0.25) is 9.59 Å². The Morgan fingerprint density at radius 2 is 1.02 bits per heavy atom. The van der Waals surface area contributed by atoms with E-state index in [1.54, 1.807) is 0 Å². The smallest absolute Gasteiger partial charge is 0.325 e. The SMILES string of the molecule is C[C@@H]1CCC2[C@@H](C)C(=NCC(=O)O)O[C@@H]3O[C@]4(C)CCC1C23OO4.C[C@@H]1CCC2[C@@H](C)C(=NCC(=O)O)O[C@@H]3O[C@]4(C)CCC1C23OO4.[Zn]. The normalized spacial score (nSPS) is 50.6. The molecule has 8 heterocycles. The van der Waals surface area contributed by atoms with Crippen molar-refractivity contribution in [2.24, 2.45) is 57.3 Å². The van der Waals surface area contributed by atoms with Crippen LogP contribution in [0.1, 0.15) is 92.9 Å². The number of nitrogens with zero attached hydrogens (tertiary/aromatic N) is 2. The Morgan fingerprint density at radius 3 is 1.39 bits per heavy atom. The number of carboxylic acids is 2. The summed E-state index contributed by atoms with van der Waals surface area (Å²) in [5.74, 6) is -0.802. The monoisotopic (exact) mass is 742 g/mol. The van der Waals surface area contributed by atoms with E-state index in [0.717, 1.165) is 51.4 Å². The zero-order chi connectivity index (χ0) is 34.2. The number of aliphatic imine (C=N–C) groups is 2. The van der Waals surface area contributed by atoms with Crippen LogP contribution >= 0.6 is 0 Å². The van der Waals surface area contributed by atoms with Gasteiger partial charge in [0.15, 0.2) is 23.0 Å². The molecule has 14 nitrogen and oxygen atoms in total. The molecule has 15 heteroatoms.